The summed E-state index contributed by atoms with van der Waals surface area (Å²) >= 11 is 0. The monoisotopic (exact) mass is 347 g/mol. The zero-order valence-electron chi connectivity index (χ0n) is 14.5. The van der Waals surface area contributed by atoms with Crippen molar-refractivity contribution in [3.8, 4) is 23.4 Å². The third-order valence-electron chi connectivity index (χ3n) is 4.11. The molecule has 0 aliphatic carbocycles. The zero-order chi connectivity index (χ0) is 18.1. The molecular weight excluding hydrogens is 330 g/mol. The van der Waals surface area contributed by atoms with Crippen LogP contribution in [0.25, 0.3) is 11.5 Å². The van der Waals surface area contributed by atoms with Crippen molar-refractivity contribution < 1.29 is 9.26 Å². The summed E-state index contributed by atoms with van der Waals surface area (Å²) in [6.45, 7) is 4.57. The van der Waals surface area contributed by atoms with Gasteiger partial charge in [0.25, 0.3) is 11.8 Å². The molecule has 0 saturated carbocycles. The molecule has 0 N–H and O–H groups in total. The molecule has 0 radical (unpaired) electrons. The highest BCUT2D eigenvalue weighted by atomic mass is 16.5. The first-order chi connectivity index (χ1) is 12.7. The smallest absolute Gasteiger partial charge is 0.270 e. The molecule has 7 heteroatoms. The summed E-state index contributed by atoms with van der Waals surface area (Å²) in [7, 11) is 0. The first-order valence-electron chi connectivity index (χ1n) is 8.42. The molecule has 3 heterocycles. The molecule has 0 fully saturated rings. The van der Waals surface area contributed by atoms with E-state index in [1.165, 1.54) is 5.56 Å². The van der Waals surface area contributed by atoms with E-state index in [0.717, 1.165) is 18.7 Å². The number of rotatable bonds is 4. The highest BCUT2D eigenvalue weighted by Gasteiger charge is 2.24. The highest BCUT2D eigenvalue weighted by molar-refractivity contribution is 5.67. The van der Waals surface area contributed by atoms with Crippen molar-refractivity contribution in [1.82, 2.24) is 15.1 Å². The van der Waals surface area contributed by atoms with Crippen LogP contribution in [-0.4, -0.2) is 27.8 Å². The highest BCUT2D eigenvalue weighted by Crippen LogP contribution is 2.33. The topological polar surface area (TPSA) is 88.1 Å². The molecule has 130 valence electrons. The van der Waals surface area contributed by atoms with E-state index in [4.69, 9.17) is 9.26 Å². The molecule has 1 aromatic carbocycles. The number of fused-ring (bicyclic) bond motifs is 1. The van der Waals surface area contributed by atoms with Gasteiger partial charge in [-0.2, -0.15) is 10.2 Å². The first-order valence-corrected chi connectivity index (χ1v) is 8.42. The SMILES string of the molecule is CC(C)Oc1ncc(-c2nc(N3CCc4ccccc43)no2)cc1C#N. The molecule has 7 nitrogen and oxygen atoms in total. The van der Waals surface area contributed by atoms with Crippen LogP contribution < -0.4 is 9.64 Å². The Morgan fingerprint density at radius 2 is 2.15 bits per heavy atom. The van der Waals surface area contributed by atoms with Crippen molar-refractivity contribution in [2.75, 3.05) is 11.4 Å². The minimum atomic E-state index is -0.0642. The number of nitrogens with zero attached hydrogens (tertiary/aromatic N) is 5. The maximum absolute atomic E-state index is 9.34. The Hall–Kier alpha value is -3.40. The fraction of sp³-hybridized carbons (Fsp3) is 0.263. The van der Waals surface area contributed by atoms with Crippen molar-refractivity contribution in [3.05, 3.63) is 47.7 Å². The zero-order valence-corrected chi connectivity index (χ0v) is 14.5. The summed E-state index contributed by atoms with van der Waals surface area (Å²) < 4.78 is 10.9. The van der Waals surface area contributed by atoms with Gasteiger partial charge in [-0.25, -0.2) is 4.98 Å². The van der Waals surface area contributed by atoms with Gasteiger partial charge in [-0.05, 0) is 43.1 Å². The van der Waals surface area contributed by atoms with Crippen molar-refractivity contribution in [3.63, 3.8) is 0 Å². The third-order valence-corrected chi connectivity index (χ3v) is 4.11. The van der Waals surface area contributed by atoms with Crippen LogP contribution in [0.1, 0.15) is 25.0 Å². The summed E-state index contributed by atoms with van der Waals surface area (Å²) in [6, 6.07) is 11.9. The summed E-state index contributed by atoms with van der Waals surface area (Å²) in [5.74, 6) is 1.13. The Bertz CT molecular complexity index is 990. The van der Waals surface area contributed by atoms with E-state index in [-0.39, 0.29) is 6.10 Å². The van der Waals surface area contributed by atoms with E-state index in [1.807, 2.05) is 36.9 Å². The molecule has 3 aromatic rings. The summed E-state index contributed by atoms with van der Waals surface area (Å²) in [5, 5.41) is 13.4. The molecule has 0 bridgehead atoms. The van der Waals surface area contributed by atoms with Crippen molar-refractivity contribution >= 4 is 11.6 Å². The number of hydrogen-bond donors (Lipinski definition) is 0. The number of anilines is 2. The minimum Gasteiger partial charge on any atom is -0.474 e. The number of hydrogen-bond acceptors (Lipinski definition) is 7. The van der Waals surface area contributed by atoms with E-state index in [9.17, 15) is 5.26 Å². The van der Waals surface area contributed by atoms with Gasteiger partial charge >= 0.3 is 0 Å². The normalized spacial score (nSPS) is 12.9. The molecule has 1 aliphatic rings. The van der Waals surface area contributed by atoms with Crippen LogP contribution >= 0.6 is 0 Å². The van der Waals surface area contributed by atoms with Crippen molar-refractivity contribution in [1.29, 1.82) is 5.26 Å². The lowest BCUT2D eigenvalue weighted by Gasteiger charge is -2.13. The van der Waals surface area contributed by atoms with Gasteiger partial charge in [0, 0.05) is 18.4 Å². The molecule has 0 atom stereocenters. The molecule has 26 heavy (non-hydrogen) atoms. The second-order valence-corrected chi connectivity index (χ2v) is 6.28. The van der Waals surface area contributed by atoms with Crippen LogP contribution in [0.5, 0.6) is 5.88 Å². The number of para-hydroxylation sites is 1. The first kappa shape index (κ1) is 16.1. The van der Waals surface area contributed by atoms with Gasteiger partial charge in [0.15, 0.2) is 0 Å². The summed E-state index contributed by atoms with van der Waals surface area (Å²) in [5.41, 5.74) is 3.28. The molecule has 0 spiro atoms. The Morgan fingerprint density at radius 1 is 1.31 bits per heavy atom. The van der Waals surface area contributed by atoms with Gasteiger partial charge in [0.1, 0.15) is 11.6 Å². The van der Waals surface area contributed by atoms with Gasteiger partial charge in [-0.15, -0.1) is 0 Å². The Morgan fingerprint density at radius 3 is 2.96 bits per heavy atom. The van der Waals surface area contributed by atoms with E-state index < -0.39 is 0 Å². The van der Waals surface area contributed by atoms with Crippen LogP contribution in [0.2, 0.25) is 0 Å². The average Bonchev–Trinajstić information content (AvgIpc) is 3.28. The number of benzene rings is 1. The molecule has 0 amide bonds. The fourth-order valence-corrected chi connectivity index (χ4v) is 2.96. The number of aromatic nitrogens is 3. The quantitative estimate of drug-likeness (QED) is 0.714. The summed E-state index contributed by atoms with van der Waals surface area (Å²) in [6.07, 6.45) is 2.46. The maximum atomic E-state index is 9.34. The van der Waals surface area contributed by atoms with Gasteiger partial charge in [0.2, 0.25) is 5.88 Å². The van der Waals surface area contributed by atoms with Crippen molar-refractivity contribution in [2.45, 2.75) is 26.4 Å². The van der Waals surface area contributed by atoms with Gasteiger partial charge in [-0.1, -0.05) is 18.2 Å². The van der Waals surface area contributed by atoms with E-state index >= 15 is 0 Å². The van der Waals surface area contributed by atoms with Crippen LogP contribution in [-0.2, 0) is 6.42 Å². The molecular formula is C19H17N5O2. The lowest BCUT2D eigenvalue weighted by atomic mass is 10.2. The fourth-order valence-electron chi connectivity index (χ4n) is 2.96. The molecule has 1 aliphatic heterocycles. The van der Waals surface area contributed by atoms with Crippen LogP contribution in [0.4, 0.5) is 11.6 Å². The van der Waals surface area contributed by atoms with Crippen LogP contribution in [0.3, 0.4) is 0 Å². The largest absolute Gasteiger partial charge is 0.474 e. The standard InChI is InChI=1S/C19H17N5O2/c1-12(2)25-17-14(10-20)9-15(11-21-17)18-22-19(23-26-18)24-8-7-13-5-3-4-6-16(13)24/h3-6,9,11-12H,7-8H2,1-2H3. The second-order valence-electron chi connectivity index (χ2n) is 6.28. The number of pyridine rings is 1. The van der Waals surface area contributed by atoms with E-state index in [1.54, 1.807) is 12.3 Å². The predicted molar refractivity (Wildman–Crippen MR) is 95.2 cm³/mol. The third kappa shape index (κ3) is 2.86. The van der Waals surface area contributed by atoms with Gasteiger partial charge in [-0.3, -0.25) is 0 Å². The molecule has 0 saturated heterocycles. The number of ether oxygens (including phenoxy) is 1. The number of nitriles is 1. The minimum absolute atomic E-state index is 0.0642. The van der Waals surface area contributed by atoms with Gasteiger partial charge < -0.3 is 14.2 Å². The molecule has 0 unspecified atom stereocenters. The van der Waals surface area contributed by atoms with E-state index in [0.29, 0.717) is 28.8 Å². The Labute approximate surface area is 150 Å². The van der Waals surface area contributed by atoms with Gasteiger partial charge in [0.05, 0.1) is 11.7 Å². The predicted octanol–water partition coefficient (Wildman–Crippen LogP) is 3.48. The van der Waals surface area contributed by atoms with E-state index in [2.05, 4.69) is 27.3 Å². The average molecular weight is 347 g/mol. The Balaban J connectivity index is 1.64. The molecule has 4 rings (SSSR count). The summed E-state index contributed by atoms with van der Waals surface area (Å²) in [4.78, 5) is 10.7. The van der Waals surface area contributed by atoms with Crippen LogP contribution in [0.15, 0.2) is 41.1 Å². The Kier molecular flexibility index (Phi) is 4.01. The second kappa shape index (κ2) is 6.48. The lowest BCUT2D eigenvalue weighted by molar-refractivity contribution is 0.232. The molecule has 2 aromatic heterocycles. The van der Waals surface area contributed by atoms with Crippen molar-refractivity contribution in [2.24, 2.45) is 0 Å². The van der Waals surface area contributed by atoms with Crippen LogP contribution in [0, 0.1) is 11.3 Å². The maximum Gasteiger partial charge on any atom is 0.270 e. The lowest BCUT2D eigenvalue weighted by Crippen LogP contribution is -2.14.